The van der Waals surface area contributed by atoms with E-state index in [1.165, 1.54) is 13.5 Å². The number of nitrogens with zero attached hydrogens (tertiary/aromatic N) is 1. The Balaban J connectivity index is 2.11. The average molecular weight is 364 g/mol. The van der Waals surface area contributed by atoms with Crippen LogP contribution in [0.15, 0.2) is 23.0 Å². The summed E-state index contributed by atoms with van der Waals surface area (Å²) in [6.07, 6.45) is 2.86. The molecule has 0 bridgehead atoms. The van der Waals surface area contributed by atoms with Gasteiger partial charge in [-0.15, -0.1) is 22.7 Å². The van der Waals surface area contributed by atoms with Gasteiger partial charge in [0.15, 0.2) is 0 Å². The molecule has 2 rings (SSSR count). The number of hydrogen-bond donors (Lipinski definition) is 1. The first kappa shape index (κ1) is 12.5. The Morgan fingerprint density at radius 2 is 2.38 bits per heavy atom. The Labute approximate surface area is 117 Å². The third-order valence-electron chi connectivity index (χ3n) is 2.30. The molecule has 1 unspecified atom stereocenters. The number of halogens is 1. The number of hydrogen-bond acceptors (Lipinski definition) is 4. The smallest absolute Gasteiger partial charge is 0.0943 e. The molecule has 2 nitrogen and oxygen atoms in total. The van der Waals surface area contributed by atoms with E-state index in [0.717, 1.165) is 13.0 Å². The number of rotatable bonds is 5. The number of thiophene rings is 1. The van der Waals surface area contributed by atoms with E-state index in [1.54, 1.807) is 22.7 Å². The molecule has 1 N–H and O–H groups in total. The van der Waals surface area contributed by atoms with Gasteiger partial charge in [-0.1, -0.05) is 6.92 Å². The molecule has 0 aromatic carbocycles. The van der Waals surface area contributed by atoms with Crippen molar-refractivity contribution in [2.24, 2.45) is 0 Å². The van der Waals surface area contributed by atoms with Crippen LogP contribution in [0.5, 0.6) is 0 Å². The van der Waals surface area contributed by atoms with E-state index in [1.807, 2.05) is 11.6 Å². The Morgan fingerprint density at radius 3 is 2.94 bits per heavy atom. The normalized spacial score (nSPS) is 12.9. The average Bonchev–Trinajstić information content (AvgIpc) is 2.88. The SMILES string of the molecule is CCNC(Cc1nccs1)c1csc(I)c1. The van der Waals surface area contributed by atoms with Crippen LogP contribution in [0.1, 0.15) is 23.5 Å². The zero-order valence-corrected chi connectivity index (χ0v) is 12.7. The summed E-state index contributed by atoms with van der Waals surface area (Å²) in [4.78, 5) is 4.35. The summed E-state index contributed by atoms with van der Waals surface area (Å²) in [6, 6.07) is 2.66. The molecule has 5 heteroatoms. The van der Waals surface area contributed by atoms with Crippen molar-refractivity contribution in [2.45, 2.75) is 19.4 Å². The van der Waals surface area contributed by atoms with Gasteiger partial charge in [0.05, 0.1) is 7.89 Å². The molecule has 2 aromatic rings. The molecule has 0 fully saturated rings. The molecule has 2 aromatic heterocycles. The Kier molecular flexibility index (Phi) is 4.75. The lowest BCUT2D eigenvalue weighted by Crippen LogP contribution is -2.22. The Bertz CT molecular complexity index is 425. The zero-order valence-electron chi connectivity index (χ0n) is 8.94. The minimum Gasteiger partial charge on any atom is -0.310 e. The Hall–Kier alpha value is 0.0200. The maximum atomic E-state index is 4.35. The molecule has 16 heavy (non-hydrogen) atoms. The molecule has 0 saturated heterocycles. The molecule has 0 amide bonds. The summed E-state index contributed by atoms with van der Waals surface area (Å²) < 4.78 is 1.34. The summed E-state index contributed by atoms with van der Waals surface area (Å²) in [6.45, 7) is 3.13. The molecule has 0 aliphatic heterocycles. The molecule has 0 saturated carbocycles. The summed E-state index contributed by atoms with van der Waals surface area (Å²) in [5.41, 5.74) is 1.38. The highest BCUT2D eigenvalue weighted by molar-refractivity contribution is 14.1. The molecule has 0 radical (unpaired) electrons. The van der Waals surface area contributed by atoms with E-state index < -0.39 is 0 Å². The summed E-state index contributed by atoms with van der Waals surface area (Å²) in [5, 5.41) is 9.00. The quantitative estimate of drug-likeness (QED) is 0.819. The lowest BCUT2D eigenvalue weighted by Gasteiger charge is -2.15. The summed E-state index contributed by atoms with van der Waals surface area (Å²) in [5.74, 6) is 0. The topological polar surface area (TPSA) is 24.9 Å². The van der Waals surface area contributed by atoms with Gasteiger partial charge in [0.25, 0.3) is 0 Å². The van der Waals surface area contributed by atoms with Gasteiger partial charge in [-0.3, -0.25) is 0 Å². The number of likely N-dealkylation sites (N-methyl/N-ethyl adjacent to an activating group) is 1. The van der Waals surface area contributed by atoms with Gasteiger partial charge in [0.2, 0.25) is 0 Å². The lowest BCUT2D eigenvalue weighted by atomic mass is 10.1. The van der Waals surface area contributed by atoms with E-state index >= 15 is 0 Å². The van der Waals surface area contributed by atoms with Crippen LogP contribution >= 0.6 is 45.3 Å². The van der Waals surface area contributed by atoms with Gasteiger partial charge in [-0.2, -0.15) is 0 Å². The van der Waals surface area contributed by atoms with Crippen LogP contribution in [0.25, 0.3) is 0 Å². The highest BCUT2D eigenvalue weighted by atomic mass is 127. The monoisotopic (exact) mass is 364 g/mol. The van der Waals surface area contributed by atoms with Gasteiger partial charge in [-0.25, -0.2) is 4.98 Å². The van der Waals surface area contributed by atoms with E-state index in [4.69, 9.17) is 0 Å². The van der Waals surface area contributed by atoms with E-state index in [2.05, 4.69) is 51.3 Å². The van der Waals surface area contributed by atoms with Crippen molar-refractivity contribution in [3.8, 4) is 0 Å². The molecule has 0 aliphatic rings. The van der Waals surface area contributed by atoms with Gasteiger partial charge < -0.3 is 5.32 Å². The molecule has 2 heterocycles. The van der Waals surface area contributed by atoms with Crippen LogP contribution in [0.4, 0.5) is 0 Å². The van der Waals surface area contributed by atoms with E-state index in [9.17, 15) is 0 Å². The highest BCUT2D eigenvalue weighted by Crippen LogP contribution is 2.25. The number of thiazole rings is 1. The second-order valence-corrected chi connectivity index (χ2v) is 7.21. The fourth-order valence-electron chi connectivity index (χ4n) is 1.59. The second-order valence-electron chi connectivity index (χ2n) is 3.42. The first-order valence-electron chi connectivity index (χ1n) is 5.15. The maximum Gasteiger partial charge on any atom is 0.0943 e. The molecule has 0 aliphatic carbocycles. The van der Waals surface area contributed by atoms with Crippen LogP contribution in [0, 0.1) is 2.88 Å². The van der Waals surface area contributed by atoms with Gasteiger partial charge >= 0.3 is 0 Å². The fourth-order valence-corrected chi connectivity index (χ4v) is 3.68. The van der Waals surface area contributed by atoms with Crippen LogP contribution in [0.2, 0.25) is 0 Å². The first-order chi connectivity index (χ1) is 7.79. The van der Waals surface area contributed by atoms with Crippen molar-refractivity contribution in [3.05, 3.63) is 36.5 Å². The van der Waals surface area contributed by atoms with Crippen LogP contribution in [0.3, 0.4) is 0 Å². The van der Waals surface area contributed by atoms with Crippen molar-refractivity contribution >= 4 is 45.3 Å². The van der Waals surface area contributed by atoms with Gasteiger partial charge in [-0.05, 0) is 46.1 Å². The molecular formula is C11H13IN2S2. The standard InChI is InChI=1S/C11H13IN2S2/c1-2-13-9(6-11-14-3-4-15-11)8-5-10(12)16-7-8/h3-5,7,9,13H,2,6H2,1H3. The number of aromatic nitrogens is 1. The van der Waals surface area contributed by atoms with Crippen LogP contribution in [-0.2, 0) is 6.42 Å². The Morgan fingerprint density at radius 1 is 1.50 bits per heavy atom. The number of nitrogens with one attached hydrogen (secondary N) is 1. The van der Waals surface area contributed by atoms with E-state index in [0.29, 0.717) is 6.04 Å². The van der Waals surface area contributed by atoms with Crippen molar-refractivity contribution < 1.29 is 0 Å². The first-order valence-corrected chi connectivity index (χ1v) is 7.99. The zero-order chi connectivity index (χ0) is 11.4. The third kappa shape index (κ3) is 3.26. The summed E-state index contributed by atoms with van der Waals surface area (Å²) in [7, 11) is 0. The maximum absolute atomic E-state index is 4.35. The predicted octanol–water partition coefficient (Wildman–Crippen LogP) is 3.70. The lowest BCUT2D eigenvalue weighted by molar-refractivity contribution is 0.550. The van der Waals surface area contributed by atoms with Crippen LogP contribution < -0.4 is 5.32 Å². The molecule has 0 spiro atoms. The highest BCUT2D eigenvalue weighted by Gasteiger charge is 2.13. The van der Waals surface area contributed by atoms with Gasteiger partial charge in [0, 0.05) is 24.0 Å². The fraction of sp³-hybridized carbons (Fsp3) is 0.364. The van der Waals surface area contributed by atoms with Gasteiger partial charge in [0.1, 0.15) is 0 Å². The summed E-state index contributed by atoms with van der Waals surface area (Å²) >= 11 is 5.90. The minimum atomic E-state index is 0.399. The molecule has 1 atom stereocenters. The van der Waals surface area contributed by atoms with E-state index in [-0.39, 0.29) is 0 Å². The van der Waals surface area contributed by atoms with Crippen molar-refractivity contribution in [1.29, 1.82) is 0 Å². The van der Waals surface area contributed by atoms with Crippen molar-refractivity contribution in [3.63, 3.8) is 0 Å². The third-order valence-corrected chi connectivity index (χ3v) is 4.91. The predicted molar refractivity (Wildman–Crippen MR) is 79.3 cm³/mol. The molecule has 86 valence electrons. The second kappa shape index (κ2) is 6.09. The molecular weight excluding hydrogens is 351 g/mol. The van der Waals surface area contributed by atoms with Crippen molar-refractivity contribution in [2.75, 3.05) is 6.54 Å². The minimum absolute atomic E-state index is 0.399. The largest absolute Gasteiger partial charge is 0.310 e. The van der Waals surface area contributed by atoms with Crippen LogP contribution in [-0.4, -0.2) is 11.5 Å². The van der Waals surface area contributed by atoms with Crippen molar-refractivity contribution in [1.82, 2.24) is 10.3 Å².